The van der Waals surface area contributed by atoms with Gasteiger partial charge in [-0.05, 0) is 24.6 Å². The Hall–Kier alpha value is -1.51. The maximum Gasteiger partial charge on any atom is 0.145 e. The van der Waals surface area contributed by atoms with E-state index in [-0.39, 0.29) is 0 Å². The number of nitrogens with one attached hydrogen (secondary N) is 1. The summed E-state index contributed by atoms with van der Waals surface area (Å²) in [4.78, 5) is 4.25. The molecule has 1 aromatic rings. The highest BCUT2D eigenvalue weighted by atomic mass is 16.5. The number of ether oxygens (including phenoxy) is 1. The molecule has 2 rings (SSSR count). The molecule has 0 amide bonds. The van der Waals surface area contributed by atoms with Crippen molar-refractivity contribution in [2.45, 2.75) is 6.92 Å². The van der Waals surface area contributed by atoms with Crippen molar-refractivity contribution in [1.82, 2.24) is 5.32 Å². The predicted molar refractivity (Wildman–Crippen MR) is 57.0 cm³/mol. The lowest BCUT2D eigenvalue weighted by molar-refractivity contribution is 0.373. The average Bonchev–Trinajstić information content (AvgIpc) is 2.67. The summed E-state index contributed by atoms with van der Waals surface area (Å²) in [5, 5.41) is 3.17. The van der Waals surface area contributed by atoms with Gasteiger partial charge in [-0.1, -0.05) is 12.1 Å². The van der Waals surface area contributed by atoms with Gasteiger partial charge in [0.1, 0.15) is 18.2 Å². The zero-order valence-electron chi connectivity index (χ0n) is 8.29. The lowest BCUT2D eigenvalue weighted by atomic mass is 10.2. The van der Waals surface area contributed by atoms with Crippen LogP contribution in [0.4, 0.5) is 0 Å². The van der Waals surface area contributed by atoms with E-state index in [9.17, 15) is 0 Å². The lowest BCUT2D eigenvalue weighted by Crippen LogP contribution is -2.24. The van der Waals surface area contributed by atoms with Crippen molar-refractivity contribution in [1.29, 1.82) is 0 Å². The summed E-state index contributed by atoms with van der Waals surface area (Å²) in [6.45, 7) is 4.40. The molecule has 1 heterocycles. The van der Waals surface area contributed by atoms with Crippen molar-refractivity contribution >= 4 is 5.84 Å². The highest BCUT2D eigenvalue weighted by molar-refractivity contribution is 5.84. The van der Waals surface area contributed by atoms with Gasteiger partial charge in [0.15, 0.2) is 0 Å². The molecule has 14 heavy (non-hydrogen) atoms. The minimum absolute atomic E-state index is 0.545. The molecule has 0 spiro atoms. The van der Waals surface area contributed by atoms with Crippen LogP contribution in [0.2, 0.25) is 0 Å². The molecule has 0 aromatic heterocycles. The molecule has 0 bridgehead atoms. The monoisotopic (exact) mass is 190 g/mol. The average molecular weight is 190 g/mol. The van der Waals surface area contributed by atoms with Crippen molar-refractivity contribution < 1.29 is 4.74 Å². The molecule has 74 valence electrons. The van der Waals surface area contributed by atoms with E-state index in [2.05, 4.69) is 23.3 Å². The third-order valence-electron chi connectivity index (χ3n) is 2.11. The third kappa shape index (κ3) is 2.25. The van der Waals surface area contributed by atoms with Gasteiger partial charge in [-0.15, -0.1) is 0 Å². The Morgan fingerprint density at radius 1 is 1.50 bits per heavy atom. The lowest BCUT2D eigenvalue weighted by Gasteiger charge is -2.06. The Labute approximate surface area is 83.8 Å². The molecule has 1 aromatic carbocycles. The van der Waals surface area contributed by atoms with Gasteiger partial charge in [-0.3, -0.25) is 4.99 Å². The number of nitrogens with zero attached hydrogens (tertiary/aromatic N) is 1. The first-order valence-corrected chi connectivity index (χ1v) is 4.81. The van der Waals surface area contributed by atoms with E-state index in [0.717, 1.165) is 24.7 Å². The molecule has 0 unspecified atom stereocenters. The number of amidine groups is 1. The van der Waals surface area contributed by atoms with Crippen molar-refractivity contribution in [3.63, 3.8) is 0 Å². The number of hydrogen-bond acceptors (Lipinski definition) is 3. The molecule has 0 saturated carbocycles. The van der Waals surface area contributed by atoms with E-state index in [0.29, 0.717) is 6.61 Å². The van der Waals surface area contributed by atoms with E-state index in [1.807, 2.05) is 18.2 Å². The van der Waals surface area contributed by atoms with Crippen LogP contribution in [0.15, 0.2) is 29.3 Å². The van der Waals surface area contributed by atoms with Gasteiger partial charge < -0.3 is 10.1 Å². The van der Waals surface area contributed by atoms with Crippen LogP contribution in [0.25, 0.3) is 0 Å². The fraction of sp³-hybridized carbons (Fsp3) is 0.364. The first-order valence-electron chi connectivity index (χ1n) is 4.81. The van der Waals surface area contributed by atoms with Crippen molar-refractivity contribution in [3.05, 3.63) is 29.8 Å². The van der Waals surface area contributed by atoms with Crippen LogP contribution in [0.3, 0.4) is 0 Å². The second-order valence-corrected chi connectivity index (χ2v) is 3.36. The number of rotatable bonds is 3. The fourth-order valence-electron chi connectivity index (χ4n) is 1.40. The summed E-state index contributed by atoms with van der Waals surface area (Å²) in [6, 6.07) is 8.03. The number of aryl methyl sites for hydroxylation is 1. The van der Waals surface area contributed by atoms with Crippen molar-refractivity contribution in [2.24, 2.45) is 4.99 Å². The largest absolute Gasteiger partial charge is 0.486 e. The van der Waals surface area contributed by atoms with E-state index in [4.69, 9.17) is 4.74 Å². The Kier molecular flexibility index (Phi) is 2.68. The van der Waals surface area contributed by atoms with E-state index in [1.165, 1.54) is 5.56 Å². The molecule has 0 aliphatic carbocycles. The minimum Gasteiger partial charge on any atom is -0.486 e. The van der Waals surface area contributed by atoms with Crippen LogP contribution in [0.5, 0.6) is 5.75 Å². The minimum atomic E-state index is 0.545. The number of hydrogen-bond donors (Lipinski definition) is 1. The second-order valence-electron chi connectivity index (χ2n) is 3.36. The first-order chi connectivity index (χ1) is 6.84. The maximum absolute atomic E-state index is 5.58. The van der Waals surface area contributed by atoms with E-state index >= 15 is 0 Å². The topological polar surface area (TPSA) is 33.6 Å². The van der Waals surface area contributed by atoms with Gasteiger partial charge in [-0.25, -0.2) is 0 Å². The molecule has 0 atom stereocenters. The smallest absolute Gasteiger partial charge is 0.145 e. The zero-order chi connectivity index (χ0) is 9.80. The molecule has 1 aliphatic rings. The van der Waals surface area contributed by atoms with Gasteiger partial charge >= 0.3 is 0 Å². The van der Waals surface area contributed by atoms with Crippen LogP contribution < -0.4 is 10.1 Å². The normalized spacial score (nSPS) is 14.8. The third-order valence-corrected chi connectivity index (χ3v) is 2.11. The molecule has 1 aliphatic heterocycles. The Bertz CT molecular complexity index is 347. The molecule has 0 saturated heterocycles. The standard InChI is InChI=1S/C11H14N2O/c1-9-3-2-4-10(7-9)14-8-11-12-5-6-13-11/h2-4,7H,5-6,8H2,1H3,(H,12,13). The Morgan fingerprint density at radius 2 is 2.43 bits per heavy atom. The van der Waals surface area contributed by atoms with Crippen LogP contribution in [0.1, 0.15) is 5.56 Å². The fourth-order valence-corrected chi connectivity index (χ4v) is 1.40. The Morgan fingerprint density at radius 3 is 3.14 bits per heavy atom. The van der Waals surface area contributed by atoms with Crippen LogP contribution in [-0.2, 0) is 0 Å². The van der Waals surface area contributed by atoms with Gasteiger partial charge in [0.05, 0.1) is 6.54 Å². The van der Waals surface area contributed by atoms with Crippen molar-refractivity contribution in [3.8, 4) is 5.75 Å². The summed E-state index contributed by atoms with van der Waals surface area (Å²) in [7, 11) is 0. The van der Waals surface area contributed by atoms with Crippen LogP contribution >= 0.6 is 0 Å². The molecule has 3 nitrogen and oxygen atoms in total. The Balaban J connectivity index is 1.91. The van der Waals surface area contributed by atoms with E-state index in [1.54, 1.807) is 0 Å². The summed E-state index contributed by atoms with van der Waals surface area (Å²) in [5.41, 5.74) is 1.21. The molecular formula is C11H14N2O. The van der Waals surface area contributed by atoms with Gasteiger partial charge in [0.2, 0.25) is 0 Å². The molecule has 1 N–H and O–H groups in total. The SMILES string of the molecule is Cc1cccc(OCC2=NCCN2)c1. The van der Waals surface area contributed by atoms with Crippen molar-refractivity contribution in [2.75, 3.05) is 19.7 Å². The summed E-state index contributed by atoms with van der Waals surface area (Å²) < 4.78 is 5.58. The molecule has 3 heteroatoms. The summed E-state index contributed by atoms with van der Waals surface area (Å²) >= 11 is 0. The van der Waals surface area contributed by atoms with Crippen LogP contribution in [0, 0.1) is 6.92 Å². The molecular weight excluding hydrogens is 176 g/mol. The summed E-state index contributed by atoms with van der Waals surface area (Å²) in [6.07, 6.45) is 0. The highest BCUT2D eigenvalue weighted by Gasteiger charge is 2.04. The number of aliphatic imine (C=N–C) groups is 1. The second kappa shape index (κ2) is 4.13. The summed E-state index contributed by atoms with van der Waals surface area (Å²) in [5.74, 6) is 1.85. The predicted octanol–water partition coefficient (Wildman–Crippen LogP) is 1.38. The van der Waals surface area contributed by atoms with Gasteiger partial charge in [-0.2, -0.15) is 0 Å². The first kappa shape index (κ1) is 9.06. The zero-order valence-corrected chi connectivity index (χ0v) is 8.29. The highest BCUT2D eigenvalue weighted by Crippen LogP contribution is 2.12. The van der Waals surface area contributed by atoms with Crippen LogP contribution in [-0.4, -0.2) is 25.5 Å². The van der Waals surface area contributed by atoms with Gasteiger partial charge in [0, 0.05) is 6.54 Å². The molecule has 0 fully saturated rings. The quantitative estimate of drug-likeness (QED) is 0.781. The van der Waals surface area contributed by atoms with E-state index < -0.39 is 0 Å². The maximum atomic E-state index is 5.58. The number of benzene rings is 1. The molecule has 0 radical (unpaired) electrons. The van der Waals surface area contributed by atoms with Gasteiger partial charge in [0.25, 0.3) is 0 Å².